The van der Waals surface area contributed by atoms with Gasteiger partial charge in [-0.3, -0.25) is 4.79 Å². The van der Waals surface area contributed by atoms with Gasteiger partial charge in [0.25, 0.3) is 5.91 Å². The Hall–Kier alpha value is -0.440. The van der Waals surface area contributed by atoms with Crippen LogP contribution in [0, 0.1) is 0 Å². The number of hydrogen-bond acceptors (Lipinski definition) is 1. The molecule has 1 amide bonds. The second kappa shape index (κ2) is 7.10. The number of amides is 1. The van der Waals surface area contributed by atoms with Crippen molar-refractivity contribution >= 4 is 40.7 Å². The highest BCUT2D eigenvalue weighted by atomic mass is 35.5. The molecule has 0 aliphatic carbocycles. The zero-order chi connectivity index (χ0) is 12.8. The summed E-state index contributed by atoms with van der Waals surface area (Å²) in [5.41, 5.74) is 0.428. The van der Waals surface area contributed by atoms with E-state index in [1.54, 1.807) is 23.1 Å². The molecular formula is C12H14Cl3NO. The van der Waals surface area contributed by atoms with Gasteiger partial charge in [-0.1, -0.05) is 36.2 Å². The number of alkyl halides is 1. The van der Waals surface area contributed by atoms with E-state index < -0.39 is 0 Å². The number of benzene rings is 1. The Kier molecular flexibility index (Phi) is 6.10. The lowest BCUT2D eigenvalue weighted by Gasteiger charge is -2.21. The molecule has 0 N–H and O–H groups in total. The van der Waals surface area contributed by atoms with Gasteiger partial charge in [-0.15, -0.1) is 11.6 Å². The van der Waals surface area contributed by atoms with Crippen LogP contribution in [0.5, 0.6) is 0 Å². The van der Waals surface area contributed by atoms with Gasteiger partial charge in [0.15, 0.2) is 0 Å². The number of hydrogen-bond donors (Lipinski definition) is 0. The second-order valence-electron chi connectivity index (χ2n) is 3.58. The Morgan fingerprint density at radius 2 is 2.00 bits per heavy atom. The minimum Gasteiger partial charge on any atom is -0.337 e. The number of nitrogens with zero attached hydrogens (tertiary/aromatic N) is 1. The maximum atomic E-state index is 12.2. The van der Waals surface area contributed by atoms with E-state index in [0.717, 1.165) is 6.42 Å². The van der Waals surface area contributed by atoms with E-state index in [2.05, 4.69) is 0 Å². The first-order valence-electron chi connectivity index (χ1n) is 5.41. The van der Waals surface area contributed by atoms with Gasteiger partial charge in [0.2, 0.25) is 0 Å². The van der Waals surface area contributed by atoms with Gasteiger partial charge in [-0.2, -0.15) is 0 Å². The number of carbonyl (C=O) groups excluding carboxylic acids is 1. The number of carbonyl (C=O) groups is 1. The van der Waals surface area contributed by atoms with Crippen LogP contribution in [0.3, 0.4) is 0 Å². The predicted octanol–water partition coefficient (Wildman–Crippen LogP) is 4.08. The van der Waals surface area contributed by atoms with Gasteiger partial charge in [-0.25, -0.2) is 0 Å². The summed E-state index contributed by atoms with van der Waals surface area (Å²) in [6, 6.07) is 5.05. The average Bonchev–Trinajstić information content (AvgIpc) is 2.31. The molecule has 0 fully saturated rings. The van der Waals surface area contributed by atoms with Crippen molar-refractivity contribution in [2.75, 3.05) is 19.0 Å². The molecule has 5 heteroatoms. The van der Waals surface area contributed by atoms with Crippen LogP contribution in [0.1, 0.15) is 23.7 Å². The van der Waals surface area contributed by atoms with Crippen LogP contribution in [0.4, 0.5) is 0 Å². The van der Waals surface area contributed by atoms with Crippen molar-refractivity contribution in [3.05, 3.63) is 33.8 Å². The smallest absolute Gasteiger partial charge is 0.255 e. The molecule has 0 aliphatic heterocycles. The molecule has 2 nitrogen and oxygen atoms in total. The summed E-state index contributed by atoms with van der Waals surface area (Å²) in [5.74, 6) is 0.282. The van der Waals surface area contributed by atoms with E-state index in [1.165, 1.54) is 0 Å². The molecule has 0 heterocycles. The summed E-state index contributed by atoms with van der Waals surface area (Å²) in [4.78, 5) is 13.9. The lowest BCUT2D eigenvalue weighted by atomic mass is 10.2. The number of rotatable bonds is 5. The Morgan fingerprint density at radius 1 is 1.29 bits per heavy atom. The summed E-state index contributed by atoms with van der Waals surface area (Å²) >= 11 is 17.6. The highest BCUT2D eigenvalue weighted by molar-refractivity contribution is 6.43. The van der Waals surface area contributed by atoms with Crippen molar-refractivity contribution in [1.82, 2.24) is 4.90 Å². The van der Waals surface area contributed by atoms with Crippen molar-refractivity contribution in [3.63, 3.8) is 0 Å². The van der Waals surface area contributed by atoms with E-state index >= 15 is 0 Å². The zero-order valence-corrected chi connectivity index (χ0v) is 11.8. The van der Waals surface area contributed by atoms with Crippen molar-refractivity contribution in [3.8, 4) is 0 Å². The normalized spacial score (nSPS) is 10.4. The average molecular weight is 295 g/mol. The quantitative estimate of drug-likeness (QED) is 0.749. The minimum absolute atomic E-state index is 0.125. The Balaban J connectivity index is 2.96. The second-order valence-corrected chi connectivity index (χ2v) is 4.75. The Labute approximate surface area is 116 Å². The first kappa shape index (κ1) is 14.6. The van der Waals surface area contributed by atoms with E-state index in [9.17, 15) is 4.79 Å². The topological polar surface area (TPSA) is 20.3 Å². The van der Waals surface area contributed by atoms with Gasteiger partial charge in [0.1, 0.15) is 0 Å². The van der Waals surface area contributed by atoms with Gasteiger partial charge in [0, 0.05) is 19.0 Å². The van der Waals surface area contributed by atoms with E-state index in [0.29, 0.717) is 34.6 Å². The van der Waals surface area contributed by atoms with Gasteiger partial charge >= 0.3 is 0 Å². The number of halogens is 3. The SMILES string of the molecule is CCCN(CCCl)C(=O)c1cccc(Cl)c1Cl. The van der Waals surface area contributed by atoms with Crippen molar-refractivity contribution < 1.29 is 4.79 Å². The molecule has 0 spiro atoms. The van der Waals surface area contributed by atoms with Crippen molar-refractivity contribution in [2.45, 2.75) is 13.3 Å². The van der Waals surface area contributed by atoms with Gasteiger partial charge in [0.05, 0.1) is 15.6 Å². The lowest BCUT2D eigenvalue weighted by molar-refractivity contribution is 0.0765. The fourth-order valence-electron chi connectivity index (χ4n) is 1.53. The molecule has 1 aromatic carbocycles. The third kappa shape index (κ3) is 3.77. The molecule has 0 unspecified atom stereocenters. The Bertz CT molecular complexity index is 389. The highest BCUT2D eigenvalue weighted by Gasteiger charge is 2.18. The third-order valence-corrected chi connectivity index (χ3v) is 3.31. The molecule has 0 aliphatic rings. The largest absolute Gasteiger partial charge is 0.337 e. The molecule has 0 atom stereocenters. The van der Waals surface area contributed by atoms with E-state index in [-0.39, 0.29) is 5.91 Å². The summed E-state index contributed by atoms with van der Waals surface area (Å²) < 4.78 is 0. The maximum absolute atomic E-state index is 12.2. The first-order valence-corrected chi connectivity index (χ1v) is 6.70. The lowest BCUT2D eigenvalue weighted by Crippen LogP contribution is -2.33. The summed E-state index contributed by atoms with van der Waals surface area (Å²) in [7, 11) is 0. The monoisotopic (exact) mass is 293 g/mol. The molecule has 1 rings (SSSR count). The maximum Gasteiger partial charge on any atom is 0.255 e. The molecular weight excluding hydrogens is 280 g/mol. The zero-order valence-electron chi connectivity index (χ0n) is 9.55. The molecule has 17 heavy (non-hydrogen) atoms. The summed E-state index contributed by atoms with van der Waals surface area (Å²) in [5, 5.41) is 0.690. The fourth-order valence-corrected chi connectivity index (χ4v) is 2.11. The van der Waals surface area contributed by atoms with Crippen LogP contribution in [0.2, 0.25) is 10.0 Å². The van der Waals surface area contributed by atoms with Gasteiger partial charge in [-0.05, 0) is 18.6 Å². The third-order valence-electron chi connectivity index (χ3n) is 2.32. The highest BCUT2D eigenvalue weighted by Crippen LogP contribution is 2.26. The molecule has 0 aromatic heterocycles. The van der Waals surface area contributed by atoms with Crippen LogP contribution < -0.4 is 0 Å². The minimum atomic E-state index is -0.125. The van der Waals surface area contributed by atoms with Crippen LogP contribution in [-0.2, 0) is 0 Å². The predicted molar refractivity (Wildman–Crippen MR) is 73.4 cm³/mol. The summed E-state index contributed by atoms with van der Waals surface area (Å²) in [6.45, 7) is 3.18. The van der Waals surface area contributed by atoms with Crippen LogP contribution >= 0.6 is 34.8 Å². The van der Waals surface area contributed by atoms with Crippen molar-refractivity contribution in [1.29, 1.82) is 0 Å². The molecule has 0 radical (unpaired) electrons. The standard InChI is InChI=1S/C12H14Cl3NO/c1-2-7-16(8-6-13)12(17)9-4-3-5-10(14)11(9)15/h3-5H,2,6-8H2,1H3. The Morgan fingerprint density at radius 3 is 2.59 bits per heavy atom. The van der Waals surface area contributed by atoms with E-state index in [4.69, 9.17) is 34.8 Å². The fraction of sp³-hybridized carbons (Fsp3) is 0.417. The summed E-state index contributed by atoms with van der Waals surface area (Å²) in [6.07, 6.45) is 0.876. The first-order chi connectivity index (χ1) is 8.11. The van der Waals surface area contributed by atoms with Crippen LogP contribution in [0.25, 0.3) is 0 Å². The molecule has 0 saturated carbocycles. The molecule has 94 valence electrons. The molecule has 1 aromatic rings. The van der Waals surface area contributed by atoms with Gasteiger partial charge < -0.3 is 4.90 Å². The van der Waals surface area contributed by atoms with Crippen LogP contribution in [-0.4, -0.2) is 29.8 Å². The van der Waals surface area contributed by atoms with E-state index in [1.807, 2.05) is 6.92 Å². The van der Waals surface area contributed by atoms with Crippen LogP contribution in [0.15, 0.2) is 18.2 Å². The van der Waals surface area contributed by atoms with Crippen molar-refractivity contribution in [2.24, 2.45) is 0 Å². The molecule has 0 saturated heterocycles. The molecule has 0 bridgehead atoms.